The van der Waals surface area contributed by atoms with Crippen molar-refractivity contribution in [2.24, 2.45) is 0 Å². The SMILES string of the molecule is Cc1ccc2nc(Cl)cc(C(=O)N3CCCC[C@H]3C)c2c1. The minimum Gasteiger partial charge on any atom is -0.336 e. The zero-order valence-corrected chi connectivity index (χ0v) is 13.2. The number of rotatable bonds is 1. The van der Waals surface area contributed by atoms with Gasteiger partial charge in [0.1, 0.15) is 5.15 Å². The van der Waals surface area contributed by atoms with E-state index >= 15 is 0 Å². The Balaban J connectivity index is 2.10. The molecule has 3 nitrogen and oxygen atoms in total. The molecule has 1 fully saturated rings. The molecular formula is C17H19ClN2O. The van der Waals surface area contributed by atoms with Crippen LogP contribution in [-0.4, -0.2) is 28.4 Å². The van der Waals surface area contributed by atoms with Crippen molar-refractivity contribution in [1.29, 1.82) is 0 Å². The van der Waals surface area contributed by atoms with Crippen molar-refractivity contribution in [3.8, 4) is 0 Å². The Morgan fingerprint density at radius 3 is 2.90 bits per heavy atom. The molecule has 2 aromatic rings. The largest absolute Gasteiger partial charge is 0.336 e. The molecule has 1 aliphatic rings. The van der Waals surface area contributed by atoms with E-state index in [9.17, 15) is 4.79 Å². The van der Waals surface area contributed by atoms with Crippen LogP contribution >= 0.6 is 11.6 Å². The van der Waals surface area contributed by atoms with Crippen LogP contribution in [0.5, 0.6) is 0 Å². The summed E-state index contributed by atoms with van der Waals surface area (Å²) in [5.41, 5.74) is 2.57. The maximum atomic E-state index is 12.9. The van der Waals surface area contributed by atoms with Crippen molar-refractivity contribution >= 4 is 28.4 Å². The first kappa shape index (κ1) is 14.3. The molecule has 0 unspecified atom stereocenters. The Bertz CT molecular complexity index is 698. The number of benzene rings is 1. The van der Waals surface area contributed by atoms with Gasteiger partial charge in [-0.3, -0.25) is 4.79 Å². The normalized spacial score (nSPS) is 19.0. The first-order valence-corrected chi connectivity index (χ1v) is 7.82. The number of amides is 1. The summed E-state index contributed by atoms with van der Waals surface area (Å²) in [5, 5.41) is 1.27. The van der Waals surface area contributed by atoms with Crippen LogP contribution in [0.2, 0.25) is 5.15 Å². The lowest BCUT2D eigenvalue weighted by Gasteiger charge is -2.33. The first-order valence-electron chi connectivity index (χ1n) is 7.44. The molecule has 1 aromatic heterocycles. The number of aromatic nitrogens is 1. The summed E-state index contributed by atoms with van der Waals surface area (Å²) < 4.78 is 0. The predicted octanol–water partition coefficient (Wildman–Crippen LogP) is 4.21. The monoisotopic (exact) mass is 302 g/mol. The zero-order valence-electron chi connectivity index (χ0n) is 12.4. The number of fused-ring (bicyclic) bond motifs is 1. The molecule has 1 atom stereocenters. The number of aryl methyl sites for hydroxylation is 1. The fourth-order valence-electron chi connectivity index (χ4n) is 3.04. The molecule has 0 saturated carbocycles. The summed E-state index contributed by atoms with van der Waals surface area (Å²) >= 11 is 6.10. The second-order valence-corrected chi connectivity index (χ2v) is 6.24. The number of carbonyl (C=O) groups is 1. The van der Waals surface area contributed by atoms with E-state index in [1.165, 1.54) is 6.42 Å². The average Bonchev–Trinajstić information content (AvgIpc) is 2.47. The number of carbonyl (C=O) groups excluding carboxylic acids is 1. The fraction of sp³-hybridized carbons (Fsp3) is 0.412. The van der Waals surface area contributed by atoms with Gasteiger partial charge in [0.25, 0.3) is 5.91 Å². The van der Waals surface area contributed by atoms with E-state index in [-0.39, 0.29) is 11.9 Å². The van der Waals surface area contributed by atoms with Gasteiger partial charge in [-0.25, -0.2) is 4.98 Å². The Morgan fingerprint density at radius 1 is 1.33 bits per heavy atom. The molecule has 2 heterocycles. The molecule has 4 heteroatoms. The molecule has 0 radical (unpaired) electrons. The molecule has 1 aromatic carbocycles. The van der Waals surface area contributed by atoms with Gasteiger partial charge in [0, 0.05) is 18.0 Å². The standard InChI is InChI=1S/C17H19ClN2O/c1-11-6-7-15-13(9-11)14(10-16(18)19-15)17(21)20-8-4-3-5-12(20)2/h6-7,9-10,12H,3-5,8H2,1-2H3/t12-/m1/s1. The molecule has 1 amide bonds. The van der Waals surface area contributed by atoms with Crippen molar-refractivity contribution in [1.82, 2.24) is 9.88 Å². The van der Waals surface area contributed by atoms with Crippen LogP contribution in [0.1, 0.15) is 42.1 Å². The topological polar surface area (TPSA) is 33.2 Å². The van der Waals surface area contributed by atoms with Gasteiger partial charge in [-0.1, -0.05) is 23.2 Å². The van der Waals surface area contributed by atoms with Crippen LogP contribution < -0.4 is 0 Å². The predicted molar refractivity (Wildman–Crippen MR) is 85.8 cm³/mol. The van der Waals surface area contributed by atoms with Gasteiger partial charge < -0.3 is 4.90 Å². The maximum Gasteiger partial charge on any atom is 0.254 e. The first-order chi connectivity index (χ1) is 10.1. The molecule has 1 aliphatic heterocycles. The minimum atomic E-state index is 0.0714. The van der Waals surface area contributed by atoms with Gasteiger partial charge in [-0.15, -0.1) is 0 Å². The lowest BCUT2D eigenvalue weighted by molar-refractivity contribution is 0.0637. The van der Waals surface area contributed by atoms with E-state index in [1.54, 1.807) is 6.07 Å². The van der Waals surface area contributed by atoms with Gasteiger partial charge in [0.05, 0.1) is 11.1 Å². The van der Waals surface area contributed by atoms with Crippen molar-refractivity contribution in [2.75, 3.05) is 6.54 Å². The third-order valence-electron chi connectivity index (χ3n) is 4.23. The van der Waals surface area contributed by atoms with E-state index in [1.807, 2.05) is 30.0 Å². The highest BCUT2D eigenvalue weighted by Crippen LogP contribution is 2.26. The fourth-order valence-corrected chi connectivity index (χ4v) is 3.24. The van der Waals surface area contributed by atoms with Crippen LogP contribution in [-0.2, 0) is 0 Å². The number of pyridine rings is 1. The third kappa shape index (κ3) is 2.75. The quantitative estimate of drug-likeness (QED) is 0.739. The van der Waals surface area contributed by atoms with E-state index in [2.05, 4.69) is 11.9 Å². The Hall–Kier alpha value is -1.61. The molecule has 0 bridgehead atoms. The number of likely N-dealkylation sites (tertiary alicyclic amines) is 1. The number of nitrogens with zero attached hydrogens (tertiary/aromatic N) is 2. The van der Waals surface area contributed by atoms with E-state index in [0.717, 1.165) is 35.9 Å². The summed E-state index contributed by atoms with van der Waals surface area (Å²) in [6.07, 6.45) is 3.34. The van der Waals surface area contributed by atoms with E-state index in [0.29, 0.717) is 10.7 Å². The second kappa shape index (κ2) is 5.64. The van der Waals surface area contributed by atoms with Crippen molar-refractivity contribution in [3.63, 3.8) is 0 Å². The second-order valence-electron chi connectivity index (χ2n) is 5.86. The van der Waals surface area contributed by atoms with Crippen LogP contribution in [0.4, 0.5) is 0 Å². The smallest absolute Gasteiger partial charge is 0.254 e. The lowest BCUT2D eigenvalue weighted by atomic mass is 10.0. The highest BCUT2D eigenvalue weighted by Gasteiger charge is 2.25. The van der Waals surface area contributed by atoms with Gasteiger partial charge >= 0.3 is 0 Å². The molecule has 0 N–H and O–H groups in total. The number of piperidine rings is 1. The van der Waals surface area contributed by atoms with E-state index in [4.69, 9.17) is 11.6 Å². The Kier molecular flexibility index (Phi) is 3.85. The molecule has 110 valence electrons. The molecule has 21 heavy (non-hydrogen) atoms. The minimum absolute atomic E-state index is 0.0714. The van der Waals surface area contributed by atoms with Crippen molar-refractivity contribution in [2.45, 2.75) is 39.2 Å². The molecule has 1 saturated heterocycles. The Morgan fingerprint density at radius 2 is 2.14 bits per heavy atom. The maximum absolute atomic E-state index is 12.9. The van der Waals surface area contributed by atoms with Crippen molar-refractivity contribution in [3.05, 3.63) is 40.5 Å². The lowest BCUT2D eigenvalue weighted by Crippen LogP contribution is -2.42. The third-order valence-corrected chi connectivity index (χ3v) is 4.42. The molecule has 0 aliphatic carbocycles. The van der Waals surface area contributed by atoms with E-state index < -0.39 is 0 Å². The van der Waals surface area contributed by atoms with Crippen LogP contribution in [0.25, 0.3) is 10.9 Å². The van der Waals surface area contributed by atoms with Crippen LogP contribution in [0.15, 0.2) is 24.3 Å². The van der Waals surface area contributed by atoms with Gasteiger partial charge in [0.2, 0.25) is 0 Å². The molecule has 0 spiro atoms. The number of hydrogen-bond donors (Lipinski definition) is 0. The number of hydrogen-bond acceptors (Lipinski definition) is 2. The summed E-state index contributed by atoms with van der Waals surface area (Å²) in [5.74, 6) is 0.0714. The average molecular weight is 303 g/mol. The highest BCUT2D eigenvalue weighted by atomic mass is 35.5. The van der Waals surface area contributed by atoms with Crippen LogP contribution in [0, 0.1) is 6.92 Å². The van der Waals surface area contributed by atoms with Gasteiger partial charge in [0.15, 0.2) is 0 Å². The summed E-state index contributed by atoms with van der Waals surface area (Å²) in [6.45, 7) is 4.96. The summed E-state index contributed by atoms with van der Waals surface area (Å²) in [6, 6.07) is 7.92. The molecule has 3 rings (SSSR count). The highest BCUT2D eigenvalue weighted by molar-refractivity contribution is 6.30. The van der Waals surface area contributed by atoms with Gasteiger partial charge in [-0.2, -0.15) is 0 Å². The Labute approximate surface area is 129 Å². The summed E-state index contributed by atoms with van der Waals surface area (Å²) in [4.78, 5) is 19.2. The zero-order chi connectivity index (χ0) is 15.0. The number of halogens is 1. The van der Waals surface area contributed by atoms with Crippen LogP contribution in [0.3, 0.4) is 0 Å². The van der Waals surface area contributed by atoms with Crippen molar-refractivity contribution < 1.29 is 4.79 Å². The molecular weight excluding hydrogens is 284 g/mol. The van der Waals surface area contributed by atoms with Gasteiger partial charge in [-0.05, 0) is 51.3 Å². The summed E-state index contributed by atoms with van der Waals surface area (Å²) in [7, 11) is 0.